The quantitative estimate of drug-likeness (QED) is 0.880. The molecule has 0 saturated carbocycles. The molecule has 3 heteroatoms. The third kappa shape index (κ3) is 3.57. The Morgan fingerprint density at radius 2 is 1.95 bits per heavy atom. The molecule has 0 radical (unpaired) electrons. The molecule has 0 aliphatic rings. The van der Waals surface area contributed by atoms with Crippen LogP contribution in [0.1, 0.15) is 44.0 Å². The first-order valence-electron chi connectivity index (χ1n) is 6.77. The van der Waals surface area contributed by atoms with Crippen molar-refractivity contribution in [1.82, 2.24) is 4.98 Å². The lowest BCUT2D eigenvalue weighted by atomic mass is 9.86. The van der Waals surface area contributed by atoms with Crippen molar-refractivity contribution >= 4 is 17.0 Å². The average Bonchev–Trinajstić information content (AvgIpc) is 2.83. The van der Waals surface area contributed by atoms with Crippen LogP contribution < -0.4 is 5.32 Å². The fraction of sp³-hybridized carbons (Fsp3) is 0.438. The number of hydrogen-bond donors (Lipinski definition) is 1. The highest BCUT2D eigenvalue weighted by Gasteiger charge is 2.17. The van der Waals surface area contributed by atoms with Crippen LogP contribution >= 0.6 is 11.3 Å². The second kappa shape index (κ2) is 5.74. The van der Waals surface area contributed by atoms with Gasteiger partial charge in [-0.2, -0.15) is 0 Å². The van der Waals surface area contributed by atoms with Crippen LogP contribution in [0.25, 0.3) is 0 Å². The van der Waals surface area contributed by atoms with Crippen molar-refractivity contribution < 1.29 is 0 Å². The minimum atomic E-state index is 0.153. The molecule has 0 saturated heterocycles. The summed E-state index contributed by atoms with van der Waals surface area (Å²) in [6.45, 7) is 9.66. The summed E-state index contributed by atoms with van der Waals surface area (Å²) in [4.78, 5) is 4.59. The summed E-state index contributed by atoms with van der Waals surface area (Å²) in [6.07, 6.45) is 1.02. The summed E-state index contributed by atoms with van der Waals surface area (Å²) in [6, 6.07) is 8.52. The molecule has 2 nitrogen and oxygen atoms in total. The Morgan fingerprint density at radius 1 is 1.21 bits per heavy atom. The highest BCUT2D eigenvalue weighted by molar-refractivity contribution is 7.09. The van der Waals surface area contributed by atoms with Crippen molar-refractivity contribution in [2.24, 2.45) is 0 Å². The van der Waals surface area contributed by atoms with E-state index in [2.05, 4.69) is 67.6 Å². The maximum atomic E-state index is 4.59. The Bertz CT molecular complexity index is 538. The molecule has 0 atom stereocenters. The molecule has 0 aliphatic heterocycles. The predicted molar refractivity (Wildman–Crippen MR) is 84.0 cm³/mol. The number of anilines is 1. The van der Waals surface area contributed by atoms with Crippen LogP contribution in [0.5, 0.6) is 0 Å². The van der Waals surface area contributed by atoms with E-state index in [1.165, 1.54) is 16.3 Å². The van der Waals surface area contributed by atoms with Gasteiger partial charge in [0.05, 0.1) is 17.2 Å². The molecule has 0 bridgehead atoms. The van der Waals surface area contributed by atoms with Gasteiger partial charge in [-0.05, 0) is 23.5 Å². The largest absolute Gasteiger partial charge is 0.379 e. The molecular formula is C16H22N2S. The number of benzene rings is 1. The molecule has 0 aliphatic carbocycles. The smallest absolute Gasteiger partial charge is 0.0926 e. The summed E-state index contributed by atoms with van der Waals surface area (Å²) in [7, 11) is 0. The highest BCUT2D eigenvalue weighted by Crippen LogP contribution is 2.29. The van der Waals surface area contributed by atoms with Crippen LogP contribution in [0.3, 0.4) is 0 Å². The minimum Gasteiger partial charge on any atom is -0.379 e. The maximum Gasteiger partial charge on any atom is 0.0926 e. The Morgan fingerprint density at radius 3 is 2.58 bits per heavy atom. The van der Waals surface area contributed by atoms with E-state index in [1.807, 2.05) is 0 Å². The van der Waals surface area contributed by atoms with Crippen LogP contribution in [0, 0.1) is 0 Å². The number of aryl methyl sites for hydroxylation is 1. The van der Waals surface area contributed by atoms with E-state index < -0.39 is 0 Å². The lowest BCUT2D eigenvalue weighted by Crippen LogP contribution is -2.14. The van der Waals surface area contributed by atoms with E-state index in [4.69, 9.17) is 0 Å². The second-order valence-electron chi connectivity index (χ2n) is 5.74. The molecule has 19 heavy (non-hydrogen) atoms. The normalized spacial score (nSPS) is 11.6. The van der Waals surface area contributed by atoms with Gasteiger partial charge >= 0.3 is 0 Å². The molecule has 0 unspecified atom stereocenters. The molecule has 1 aromatic carbocycles. The Labute approximate surface area is 119 Å². The van der Waals surface area contributed by atoms with E-state index >= 15 is 0 Å². The van der Waals surface area contributed by atoms with Gasteiger partial charge in [-0.25, -0.2) is 4.98 Å². The fourth-order valence-electron chi connectivity index (χ4n) is 2.07. The maximum absolute atomic E-state index is 4.59. The van der Waals surface area contributed by atoms with E-state index in [9.17, 15) is 0 Å². The van der Waals surface area contributed by atoms with E-state index in [-0.39, 0.29) is 5.41 Å². The zero-order valence-electron chi connectivity index (χ0n) is 12.2. The lowest BCUT2D eigenvalue weighted by molar-refractivity contribution is 0.591. The fourth-order valence-corrected chi connectivity index (χ4v) is 2.81. The monoisotopic (exact) mass is 274 g/mol. The summed E-state index contributed by atoms with van der Waals surface area (Å²) in [5, 5.41) is 6.87. The van der Waals surface area contributed by atoms with Crippen LogP contribution in [-0.4, -0.2) is 4.98 Å². The zero-order valence-corrected chi connectivity index (χ0v) is 13.0. The topological polar surface area (TPSA) is 24.9 Å². The van der Waals surface area contributed by atoms with Crippen molar-refractivity contribution in [3.63, 3.8) is 0 Å². The molecule has 102 valence electrons. The molecule has 0 spiro atoms. The van der Waals surface area contributed by atoms with E-state index in [0.29, 0.717) is 0 Å². The molecule has 2 rings (SSSR count). The van der Waals surface area contributed by atoms with Crippen LogP contribution in [-0.2, 0) is 18.4 Å². The van der Waals surface area contributed by atoms with Gasteiger partial charge in [0.1, 0.15) is 0 Å². The van der Waals surface area contributed by atoms with Gasteiger partial charge < -0.3 is 5.32 Å². The predicted octanol–water partition coefficient (Wildman–Crippen LogP) is 4.62. The van der Waals surface area contributed by atoms with Gasteiger partial charge in [-0.15, -0.1) is 11.3 Å². The number of para-hydroxylation sites is 1. The number of thiazole rings is 1. The number of hydrogen-bond acceptors (Lipinski definition) is 3. The van der Waals surface area contributed by atoms with E-state index in [1.54, 1.807) is 11.3 Å². The van der Waals surface area contributed by atoms with Gasteiger partial charge in [0.15, 0.2) is 0 Å². The van der Waals surface area contributed by atoms with Crippen molar-refractivity contribution in [2.75, 3.05) is 5.32 Å². The summed E-state index contributed by atoms with van der Waals surface area (Å²) < 4.78 is 0. The lowest BCUT2D eigenvalue weighted by Gasteiger charge is -2.23. The van der Waals surface area contributed by atoms with E-state index in [0.717, 1.165) is 18.7 Å². The Hall–Kier alpha value is -1.35. The van der Waals surface area contributed by atoms with Gasteiger partial charge in [0.2, 0.25) is 0 Å². The first-order chi connectivity index (χ1) is 9.00. The number of aromatic nitrogens is 1. The summed E-state index contributed by atoms with van der Waals surface area (Å²) >= 11 is 1.74. The standard InChI is InChI=1S/C16H22N2S/c1-5-15-18-12(11-19-15)10-17-14-9-7-6-8-13(14)16(2,3)4/h6-9,11,17H,5,10H2,1-4H3. The van der Waals surface area contributed by atoms with Gasteiger partial charge in [-0.3, -0.25) is 0 Å². The number of rotatable bonds is 4. The van der Waals surface area contributed by atoms with Crippen LogP contribution in [0.2, 0.25) is 0 Å². The highest BCUT2D eigenvalue weighted by atomic mass is 32.1. The van der Waals surface area contributed by atoms with Crippen molar-refractivity contribution in [3.8, 4) is 0 Å². The van der Waals surface area contributed by atoms with Crippen molar-refractivity contribution in [3.05, 3.63) is 45.9 Å². The molecule has 1 aromatic heterocycles. The van der Waals surface area contributed by atoms with Crippen molar-refractivity contribution in [1.29, 1.82) is 0 Å². The van der Waals surface area contributed by atoms with Gasteiger partial charge in [-0.1, -0.05) is 45.9 Å². The van der Waals surface area contributed by atoms with Gasteiger partial charge in [0.25, 0.3) is 0 Å². The first kappa shape index (κ1) is 14.1. The SMILES string of the molecule is CCc1nc(CNc2ccccc2C(C)(C)C)cs1. The van der Waals surface area contributed by atoms with Crippen LogP contribution in [0.4, 0.5) is 5.69 Å². The molecule has 0 amide bonds. The molecular weight excluding hydrogens is 252 g/mol. The minimum absolute atomic E-state index is 0.153. The third-order valence-corrected chi connectivity index (χ3v) is 4.14. The van der Waals surface area contributed by atoms with Crippen molar-refractivity contribution in [2.45, 2.75) is 46.1 Å². The first-order valence-corrected chi connectivity index (χ1v) is 7.65. The number of nitrogens with one attached hydrogen (secondary N) is 1. The van der Waals surface area contributed by atoms with Gasteiger partial charge in [0, 0.05) is 11.1 Å². The average molecular weight is 274 g/mol. The zero-order chi connectivity index (χ0) is 13.9. The molecule has 1 heterocycles. The molecule has 0 fully saturated rings. The Balaban J connectivity index is 2.11. The Kier molecular flexibility index (Phi) is 4.25. The molecule has 1 N–H and O–H groups in total. The molecule has 2 aromatic rings. The summed E-state index contributed by atoms with van der Waals surface area (Å²) in [5.41, 5.74) is 3.84. The third-order valence-electron chi connectivity index (χ3n) is 3.10. The summed E-state index contributed by atoms with van der Waals surface area (Å²) in [5.74, 6) is 0. The second-order valence-corrected chi connectivity index (χ2v) is 6.68. The van der Waals surface area contributed by atoms with Crippen LogP contribution in [0.15, 0.2) is 29.6 Å². The number of nitrogens with zero attached hydrogens (tertiary/aromatic N) is 1.